The van der Waals surface area contributed by atoms with Gasteiger partial charge in [0.05, 0.1) is 16.0 Å². The number of carbonyl (C=O) groups is 2. The molecule has 1 aliphatic heterocycles. The summed E-state index contributed by atoms with van der Waals surface area (Å²) in [5.41, 5.74) is 6.22. The van der Waals surface area contributed by atoms with Crippen molar-refractivity contribution in [1.82, 2.24) is 4.90 Å². The number of nitro benzene ring substituents is 1. The van der Waals surface area contributed by atoms with Crippen LogP contribution in [-0.2, 0) is 22.7 Å². The maximum Gasteiger partial charge on any atom is 0.269 e. The predicted octanol–water partition coefficient (Wildman–Crippen LogP) is 7.95. The number of Topliss-reactive ketones (excluding diaryl/α,β-unsaturated/α-hetero) is 2. The smallest absolute Gasteiger partial charge is 0.269 e. The summed E-state index contributed by atoms with van der Waals surface area (Å²) in [6.45, 7) is 3.07. The van der Waals surface area contributed by atoms with Gasteiger partial charge in [0.2, 0.25) is 0 Å². The maximum atomic E-state index is 13.8. The zero-order chi connectivity index (χ0) is 30.8. The lowest BCUT2D eigenvalue weighted by molar-refractivity contribution is -0.384. The molecule has 0 bridgehead atoms. The SMILES string of the molecule is CCOc1cc(C2C3=C(CCCC3=O)N(Cc3ccccc3)C3=C2C(=O)CCC3)cc(Br)c1OCc1ccc([N+](=O)[O-])cc1. The molecule has 0 unspecified atom stereocenters. The molecule has 3 aromatic carbocycles. The molecule has 44 heavy (non-hydrogen) atoms. The molecule has 6 rings (SSSR count). The molecule has 1 heterocycles. The Balaban J connectivity index is 1.42. The van der Waals surface area contributed by atoms with E-state index in [1.807, 2.05) is 37.3 Å². The molecule has 0 fully saturated rings. The topological polar surface area (TPSA) is 99.0 Å². The molecule has 2 aliphatic carbocycles. The van der Waals surface area contributed by atoms with Crippen molar-refractivity contribution >= 4 is 33.2 Å². The van der Waals surface area contributed by atoms with E-state index in [1.165, 1.54) is 12.1 Å². The summed E-state index contributed by atoms with van der Waals surface area (Å²) < 4.78 is 12.9. The van der Waals surface area contributed by atoms with E-state index >= 15 is 0 Å². The van der Waals surface area contributed by atoms with Gasteiger partial charge in [0.15, 0.2) is 23.1 Å². The number of carbonyl (C=O) groups excluding carboxylic acids is 2. The summed E-state index contributed by atoms with van der Waals surface area (Å²) in [4.78, 5) is 40.4. The van der Waals surface area contributed by atoms with Crippen molar-refractivity contribution in [2.24, 2.45) is 0 Å². The molecule has 0 radical (unpaired) electrons. The quantitative estimate of drug-likeness (QED) is 0.170. The number of halogens is 1. The molecule has 0 spiro atoms. The van der Waals surface area contributed by atoms with Crippen molar-refractivity contribution in [3.05, 3.63) is 121 Å². The molecule has 8 nitrogen and oxygen atoms in total. The lowest BCUT2D eigenvalue weighted by Crippen LogP contribution is -2.38. The summed E-state index contributed by atoms with van der Waals surface area (Å²) in [7, 11) is 0. The van der Waals surface area contributed by atoms with Gasteiger partial charge in [-0.1, -0.05) is 30.3 Å². The Kier molecular flexibility index (Phi) is 8.66. The Labute approximate surface area is 264 Å². The molecule has 0 N–H and O–H groups in total. The maximum absolute atomic E-state index is 13.8. The molecule has 9 heteroatoms. The van der Waals surface area contributed by atoms with E-state index in [-0.39, 0.29) is 23.9 Å². The van der Waals surface area contributed by atoms with E-state index in [9.17, 15) is 19.7 Å². The predicted molar refractivity (Wildman–Crippen MR) is 169 cm³/mol. The second kappa shape index (κ2) is 12.8. The number of non-ortho nitro benzene ring substituents is 1. The van der Waals surface area contributed by atoms with Gasteiger partial charge in [-0.2, -0.15) is 0 Å². The monoisotopic (exact) mass is 656 g/mol. The zero-order valence-electron chi connectivity index (χ0n) is 24.5. The highest BCUT2D eigenvalue weighted by Gasteiger charge is 2.43. The third-order valence-electron chi connectivity index (χ3n) is 8.47. The van der Waals surface area contributed by atoms with Crippen LogP contribution in [0.5, 0.6) is 11.5 Å². The average Bonchev–Trinajstić information content (AvgIpc) is 3.02. The number of benzene rings is 3. The van der Waals surface area contributed by atoms with Crippen LogP contribution in [0.25, 0.3) is 0 Å². The Morgan fingerprint density at radius 2 is 1.50 bits per heavy atom. The van der Waals surface area contributed by atoms with Gasteiger partial charge < -0.3 is 14.4 Å². The summed E-state index contributed by atoms with van der Waals surface area (Å²) in [6, 6.07) is 20.3. The van der Waals surface area contributed by atoms with E-state index in [0.717, 1.165) is 64.9 Å². The Morgan fingerprint density at radius 1 is 0.864 bits per heavy atom. The van der Waals surface area contributed by atoms with Crippen molar-refractivity contribution < 1.29 is 24.0 Å². The van der Waals surface area contributed by atoms with Crippen molar-refractivity contribution in [1.29, 1.82) is 0 Å². The van der Waals surface area contributed by atoms with Crippen LogP contribution >= 0.6 is 15.9 Å². The van der Waals surface area contributed by atoms with Gasteiger partial charge in [0.25, 0.3) is 5.69 Å². The number of rotatable bonds is 9. The minimum Gasteiger partial charge on any atom is -0.490 e. The summed E-state index contributed by atoms with van der Waals surface area (Å²) in [5.74, 6) is 0.690. The fourth-order valence-electron chi connectivity index (χ4n) is 6.53. The highest BCUT2D eigenvalue weighted by molar-refractivity contribution is 9.10. The third-order valence-corrected chi connectivity index (χ3v) is 9.05. The van der Waals surface area contributed by atoms with Gasteiger partial charge in [-0.15, -0.1) is 0 Å². The van der Waals surface area contributed by atoms with E-state index in [2.05, 4.69) is 33.0 Å². The largest absolute Gasteiger partial charge is 0.490 e. The number of hydrogen-bond donors (Lipinski definition) is 0. The molecule has 0 saturated carbocycles. The van der Waals surface area contributed by atoms with E-state index in [0.29, 0.717) is 42.0 Å². The number of hydrogen-bond acceptors (Lipinski definition) is 7. The van der Waals surface area contributed by atoms with Crippen LogP contribution in [0.1, 0.15) is 68.1 Å². The third kappa shape index (κ3) is 5.80. The fourth-order valence-corrected chi connectivity index (χ4v) is 7.11. The number of nitrogens with zero attached hydrogens (tertiary/aromatic N) is 2. The van der Waals surface area contributed by atoms with Crippen LogP contribution in [0.3, 0.4) is 0 Å². The van der Waals surface area contributed by atoms with E-state index < -0.39 is 10.8 Å². The molecule has 226 valence electrons. The molecule has 3 aliphatic rings. The first-order chi connectivity index (χ1) is 21.4. The van der Waals surface area contributed by atoms with Gasteiger partial charge in [-0.05, 0) is 89.5 Å². The van der Waals surface area contributed by atoms with E-state index in [4.69, 9.17) is 9.47 Å². The molecule has 0 saturated heterocycles. The van der Waals surface area contributed by atoms with E-state index in [1.54, 1.807) is 12.1 Å². The molecular formula is C35H33BrN2O6. The number of ketones is 2. The lowest BCUT2D eigenvalue weighted by Gasteiger charge is -2.44. The minimum atomic E-state index is -0.480. The normalized spacial score (nSPS) is 17.0. The fraction of sp³-hybridized carbons (Fsp3) is 0.314. The highest BCUT2D eigenvalue weighted by Crippen LogP contribution is 2.51. The number of nitro groups is 1. The van der Waals surface area contributed by atoms with Crippen LogP contribution < -0.4 is 9.47 Å². The zero-order valence-corrected chi connectivity index (χ0v) is 26.1. The Hall–Kier alpha value is -4.24. The van der Waals surface area contributed by atoms with Gasteiger partial charge >= 0.3 is 0 Å². The first-order valence-corrected chi connectivity index (χ1v) is 15.8. The highest BCUT2D eigenvalue weighted by atomic mass is 79.9. The Morgan fingerprint density at radius 3 is 2.09 bits per heavy atom. The molecule has 0 amide bonds. The number of allylic oxidation sites excluding steroid dienone is 4. The molecule has 0 atom stereocenters. The van der Waals surface area contributed by atoms with Crippen LogP contribution in [0.2, 0.25) is 0 Å². The van der Waals surface area contributed by atoms with Gasteiger partial charge in [0, 0.05) is 60.0 Å². The summed E-state index contributed by atoms with van der Waals surface area (Å²) in [5, 5.41) is 11.0. The van der Waals surface area contributed by atoms with Crippen LogP contribution in [-0.4, -0.2) is 28.0 Å². The number of ether oxygens (including phenoxy) is 2. The van der Waals surface area contributed by atoms with Crippen molar-refractivity contribution in [2.45, 2.75) is 64.5 Å². The first-order valence-electron chi connectivity index (χ1n) is 15.0. The van der Waals surface area contributed by atoms with Crippen molar-refractivity contribution in [3.63, 3.8) is 0 Å². The Bertz CT molecular complexity index is 1640. The summed E-state index contributed by atoms with van der Waals surface area (Å²) in [6.07, 6.45) is 4.06. The van der Waals surface area contributed by atoms with Crippen LogP contribution in [0.4, 0.5) is 5.69 Å². The van der Waals surface area contributed by atoms with Gasteiger partial charge in [-0.3, -0.25) is 19.7 Å². The van der Waals surface area contributed by atoms with Gasteiger partial charge in [-0.25, -0.2) is 0 Å². The summed E-state index contributed by atoms with van der Waals surface area (Å²) >= 11 is 3.69. The van der Waals surface area contributed by atoms with Crippen molar-refractivity contribution in [2.75, 3.05) is 6.61 Å². The average molecular weight is 658 g/mol. The van der Waals surface area contributed by atoms with Crippen molar-refractivity contribution in [3.8, 4) is 11.5 Å². The lowest BCUT2D eigenvalue weighted by atomic mass is 9.71. The minimum absolute atomic E-state index is 0.0148. The molecular weight excluding hydrogens is 624 g/mol. The standard InChI is InChI=1S/C35H33BrN2O6/c1-2-43-31-19-24(18-26(36)35(31)44-21-23-14-16-25(17-15-23)38(41)42)32-33-27(10-6-12-29(33)39)37(20-22-8-4-3-5-9-22)28-11-7-13-30(40)34(28)32/h3-5,8-9,14-19,32H,2,6-7,10-13,20-21H2,1H3. The second-order valence-electron chi connectivity index (χ2n) is 11.3. The van der Waals surface area contributed by atoms with Crippen LogP contribution in [0.15, 0.2) is 93.7 Å². The molecule has 3 aromatic rings. The van der Waals surface area contributed by atoms with Gasteiger partial charge in [0.1, 0.15) is 6.61 Å². The first kappa shape index (κ1) is 29.8. The second-order valence-corrected chi connectivity index (χ2v) is 12.1. The van der Waals surface area contributed by atoms with Crippen LogP contribution in [0, 0.1) is 10.1 Å². The molecule has 0 aromatic heterocycles.